The molecule has 0 aromatic heterocycles. The normalized spacial score (nSPS) is 16.3. The predicted octanol–water partition coefficient (Wildman–Crippen LogP) is 3.50. The van der Waals surface area contributed by atoms with E-state index in [0.29, 0.717) is 13.0 Å². The van der Waals surface area contributed by atoms with Gasteiger partial charge < -0.3 is 4.90 Å². The summed E-state index contributed by atoms with van der Waals surface area (Å²) < 4.78 is 30.6. The van der Waals surface area contributed by atoms with Gasteiger partial charge in [0.25, 0.3) is 10.1 Å². The Morgan fingerprint density at radius 1 is 1.43 bits per heavy atom. The number of para-hydroxylation sites is 1. The lowest BCUT2D eigenvalue weighted by atomic mass is 10.2. The van der Waals surface area contributed by atoms with Gasteiger partial charge in [-0.2, -0.15) is 8.42 Å². The summed E-state index contributed by atoms with van der Waals surface area (Å²) in [5.74, 6) is -0.234. The molecule has 0 atom stereocenters. The van der Waals surface area contributed by atoms with Crippen molar-refractivity contribution in [2.24, 2.45) is 0 Å². The van der Waals surface area contributed by atoms with E-state index < -0.39 is 10.1 Å². The Hall–Kier alpha value is -0.890. The molecule has 1 aromatic rings. The summed E-state index contributed by atoms with van der Waals surface area (Å²) >= 11 is 6.91. The van der Waals surface area contributed by atoms with Gasteiger partial charge in [0.15, 0.2) is 0 Å². The van der Waals surface area contributed by atoms with Crippen molar-refractivity contribution in [1.29, 1.82) is 0 Å². The van der Waals surface area contributed by atoms with Gasteiger partial charge in [0, 0.05) is 16.3 Å². The van der Waals surface area contributed by atoms with Crippen molar-refractivity contribution < 1.29 is 13.0 Å². The monoisotopic (exact) mass is 343 g/mol. The highest BCUT2D eigenvalue weighted by molar-refractivity contribution is 8.03. The molecule has 0 saturated heterocycles. The summed E-state index contributed by atoms with van der Waals surface area (Å²) in [6, 6.07) is 7.97. The first-order chi connectivity index (χ1) is 9.90. The second-order valence-corrected chi connectivity index (χ2v) is 7.82. The molecule has 0 bridgehead atoms. The van der Waals surface area contributed by atoms with Crippen LogP contribution in [0.15, 0.2) is 40.3 Å². The van der Waals surface area contributed by atoms with Crippen LogP contribution in [0.5, 0.6) is 0 Å². The number of allylic oxidation sites excluding steroid dienone is 1. The van der Waals surface area contributed by atoms with Gasteiger partial charge in [0.1, 0.15) is 0 Å². The summed E-state index contributed by atoms with van der Waals surface area (Å²) in [4.78, 5) is 4.06. The SMILES string of the molecule is CCC(=S)C=C1Sc2ccccc2N1CCCS(=O)(=O)O. The molecule has 0 radical (unpaired) electrons. The summed E-state index contributed by atoms with van der Waals surface area (Å²) in [6.45, 7) is 2.54. The fourth-order valence-electron chi connectivity index (χ4n) is 2.04. The standard InChI is InChI=1S/C14H17NO3S3/c1-2-11(19)10-14-15(8-5-9-21(16,17)18)12-6-3-4-7-13(12)20-14/h3-4,6-7,10H,2,5,8-9H2,1H3,(H,16,17,18). The lowest BCUT2D eigenvalue weighted by molar-refractivity contribution is 0.481. The molecule has 0 fully saturated rings. The number of hydrogen-bond acceptors (Lipinski definition) is 5. The molecule has 0 aliphatic carbocycles. The Morgan fingerprint density at radius 3 is 2.81 bits per heavy atom. The minimum Gasteiger partial charge on any atom is -0.335 e. The summed E-state index contributed by atoms with van der Waals surface area (Å²) in [5.41, 5.74) is 1.06. The van der Waals surface area contributed by atoms with E-state index in [0.717, 1.165) is 26.9 Å². The molecule has 1 heterocycles. The third-order valence-electron chi connectivity index (χ3n) is 3.05. The number of nitrogens with zero attached hydrogens (tertiary/aromatic N) is 1. The smallest absolute Gasteiger partial charge is 0.264 e. The van der Waals surface area contributed by atoms with E-state index in [4.69, 9.17) is 16.8 Å². The molecule has 1 aromatic carbocycles. The Kier molecular flexibility index (Phi) is 5.43. The van der Waals surface area contributed by atoms with Crippen molar-refractivity contribution >= 4 is 44.6 Å². The van der Waals surface area contributed by atoms with Crippen LogP contribution in [0.3, 0.4) is 0 Å². The van der Waals surface area contributed by atoms with E-state index in [9.17, 15) is 8.42 Å². The van der Waals surface area contributed by atoms with Gasteiger partial charge in [-0.05, 0) is 31.1 Å². The third-order valence-corrected chi connectivity index (χ3v) is 5.38. The number of rotatable bonds is 6. The molecule has 2 rings (SSSR count). The molecule has 0 saturated carbocycles. The van der Waals surface area contributed by atoms with Crippen LogP contribution in [-0.4, -0.2) is 30.1 Å². The van der Waals surface area contributed by atoms with E-state index >= 15 is 0 Å². The topological polar surface area (TPSA) is 57.6 Å². The van der Waals surface area contributed by atoms with Crippen LogP contribution in [0.25, 0.3) is 0 Å². The molecule has 0 unspecified atom stereocenters. The molecule has 0 amide bonds. The molecule has 1 aliphatic heterocycles. The van der Waals surface area contributed by atoms with Crippen molar-refractivity contribution in [1.82, 2.24) is 0 Å². The zero-order valence-electron chi connectivity index (χ0n) is 11.7. The molecule has 1 N–H and O–H groups in total. The number of thiocarbonyl (C=S) groups is 1. The van der Waals surface area contributed by atoms with Gasteiger partial charge in [-0.3, -0.25) is 4.55 Å². The lowest BCUT2D eigenvalue weighted by Crippen LogP contribution is -2.22. The quantitative estimate of drug-likeness (QED) is 0.485. The Labute approximate surface area is 135 Å². The highest BCUT2D eigenvalue weighted by Crippen LogP contribution is 2.45. The summed E-state index contributed by atoms with van der Waals surface area (Å²) in [7, 11) is -3.92. The van der Waals surface area contributed by atoms with Crippen molar-refractivity contribution in [2.75, 3.05) is 17.2 Å². The zero-order valence-corrected chi connectivity index (χ0v) is 14.1. The Balaban J connectivity index is 2.19. The number of anilines is 1. The molecule has 0 spiro atoms. The fraction of sp³-hybridized carbons (Fsp3) is 0.357. The second-order valence-electron chi connectivity index (χ2n) is 4.66. The maximum atomic E-state index is 10.9. The van der Waals surface area contributed by atoms with Crippen LogP contribution in [0.2, 0.25) is 0 Å². The van der Waals surface area contributed by atoms with Crippen molar-refractivity contribution in [3.63, 3.8) is 0 Å². The highest BCUT2D eigenvalue weighted by atomic mass is 32.2. The Morgan fingerprint density at radius 2 is 2.14 bits per heavy atom. The first-order valence-corrected chi connectivity index (χ1v) is 9.48. The molecule has 114 valence electrons. The number of fused-ring (bicyclic) bond motifs is 1. The average molecular weight is 343 g/mol. The van der Waals surface area contributed by atoms with Crippen molar-refractivity contribution in [2.45, 2.75) is 24.7 Å². The van der Waals surface area contributed by atoms with Gasteiger partial charge in [0.2, 0.25) is 0 Å². The molecule has 4 nitrogen and oxygen atoms in total. The van der Waals surface area contributed by atoms with Gasteiger partial charge in [-0.1, -0.05) is 43.0 Å². The van der Waals surface area contributed by atoms with Crippen LogP contribution >= 0.6 is 24.0 Å². The maximum absolute atomic E-state index is 10.9. The maximum Gasteiger partial charge on any atom is 0.264 e. The van der Waals surface area contributed by atoms with Crippen LogP contribution in [0.4, 0.5) is 5.69 Å². The minimum atomic E-state index is -3.92. The van der Waals surface area contributed by atoms with Gasteiger partial charge in [-0.25, -0.2) is 0 Å². The van der Waals surface area contributed by atoms with E-state index in [1.165, 1.54) is 0 Å². The minimum absolute atomic E-state index is 0.234. The number of hydrogen-bond donors (Lipinski definition) is 1. The van der Waals surface area contributed by atoms with E-state index in [1.807, 2.05) is 37.3 Å². The van der Waals surface area contributed by atoms with Gasteiger partial charge in [0.05, 0.1) is 16.5 Å². The van der Waals surface area contributed by atoms with Crippen LogP contribution in [0.1, 0.15) is 19.8 Å². The third kappa shape index (κ3) is 4.54. The van der Waals surface area contributed by atoms with E-state index in [1.54, 1.807) is 11.8 Å². The molecule has 7 heteroatoms. The van der Waals surface area contributed by atoms with E-state index in [2.05, 4.69) is 4.90 Å². The Bertz CT molecular complexity index is 668. The molecular formula is C14H17NO3S3. The first-order valence-electron chi connectivity index (χ1n) is 6.65. The van der Waals surface area contributed by atoms with Gasteiger partial charge in [-0.15, -0.1) is 0 Å². The molecule has 21 heavy (non-hydrogen) atoms. The van der Waals surface area contributed by atoms with E-state index in [-0.39, 0.29) is 5.75 Å². The predicted molar refractivity (Wildman–Crippen MR) is 91.6 cm³/mol. The largest absolute Gasteiger partial charge is 0.335 e. The summed E-state index contributed by atoms with van der Waals surface area (Å²) in [5, 5.41) is 1.01. The number of benzene rings is 1. The van der Waals surface area contributed by atoms with Crippen molar-refractivity contribution in [3.05, 3.63) is 35.4 Å². The highest BCUT2D eigenvalue weighted by Gasteiger charge is 2.24. The van der Waals surface area contributed by atoms with Crippen LogP contribution in [0, 0.1) is 0 Å². The van der Waals surface area contributed by atoms with Crippen LogP contribution in [-0.2, 0) is 10.1 Å². The second kappa shape index (κ2) is 6.91. The molecule has 1 aliphatic rings. The van der Waals surface area contributed by atoms with Crippen molar-refractivity contribution in [3.8, 4) is 0 Å². The zero-order chi connectivity index (χ0) is 15.5. The average Bonchev–Trinajstić information content (AvgIpc) is 2.75. The number of thioether (sulfide) groups is 1. The van der Waals surface area contributed by atoms with Gasteiger partial charge >= 0.3 is 0 Å². The molecular weight excluding hydrogens is 326 g/mol. The van der Waals surface area contributed by atoms with Crippen LogP contribution < -0.4 is 4.90 Å². The first kappa shape index (κ1) is 16.5. The fourth-order valence-corrected chi connectivity index (χ4v) is 3.87. The lowest BCUT2D eigenvalue weighted by Gasteiger charge is -2.20. The summed E-state index contributed by atoms with van der Waals surface area (Å²) in [6.07, 6.45) is 3.13.